The van der Waals surface area contributed by atoms with E-state index in [2.05, 4.69) is 42.2 Å². The molecule has 2 fully saturated rings. The van der Waals surface area contributed by atoms with Gasteiger partial charge in [0.2, 0.25) is 0 Å². The van der Waals surface area contributed by atoms with Crippen molar-refractivity contribution < 1.29 is 19.5 Å². The van der Waals surface area contributed by atoms with E-state index in [1.165, 1.54) is 51.4 Å². The molecule has 0 saturated heterocycles. The fourth-order valence-electron chi connectivity index (χ4n) is 3.18. The molecule has 2 rings (SSSR count). The Morgan fingerprint density at radius 3 is 1.82 bits per heavy atom. The molecular formula is C15H26CoO-2. The van der Waals surface area contributed by atoms with E-state index in [1.54, 1.807) is 0 Å². The Labute approximate surface area is 115 Å². The molecule has 17 heavy (non-hydrogen) atoms. The molecule has 0 amide bonds. The fourth-order valence-corrected chi connectivity index (χ4v) is 3.18. The molecule has 2 saturated carbocycles. The third-order valence-corrected chi connectivity index (χ3v) is 4.21. The van der Waals surface area contributed by atoms with Gasteiger partial charge < -0.3 is 13.0 Å². The zero-order valence-corrected chi connectivity index (χ0v) is 12.0. The van der Waals surface area contributed by atoms with Crippen LogP contribution in [0.15, 0.2) is 6.58 Å². The second-order valence-corrected chi connectivity index (χ2v) is 5.22. The molecule has 0 radical (unpaired) electrons. The quantitative estimate of drug-likeness (QED) is 0.637. The van der Waals surface area contributed by atoms with E-state index in [9.17, 15) is 0 Å². The summed E-state index contributed by atoms with van der Waals surface area (Å²) in [5.41, 5.74) is 0. The van der Waals surface area contributed by atoms with Crippen molar-refractivity contribution in [3.63, 3.8) is 0 Å². The van der Waals surface area contributed by atoms with Gasteiger partial charge in [-0.15, -0.1) is 0 Å². The van der Waals surface area contributed by atoms with E-state index in [0.29, 0.717) is 0 Å². The van der Waals surface area contributed by atoms with Gasteiger partial charge in [-0.1, -0.05) is 32.6 Å². The molecule has 0 aromatic rings. The van der Waals surface area contributed by atoms with Crippen LogP contribution in [0.1, 0.15) is 58.3 Å². The van der Waals surface area contributed by atoms with Crippen molar-refractivity contribution in [1.29, 1.82) is 0 Å². The van der Waals surface area contributed by atoms with Crippen LogP contribution >= 0.6 is 0 Å². The predicted octanol–water partition coefficient (Wildman–Crippen LogP) is 4.69. The average molecular weight is 281 g/mol. The van der Waals surface area contributed by atoms with Gasteiger partial charge in [-0.2, -0.15) is 12.8 Å². The van der Waals surface area contributed by atoms with Crippen molar-refractivity contribution in [2.45, 2.75) is 58.3 Å². The van der Waals surface area contributed by atoms with Crippen LogP contribution in [0, 0.1) is 30.8 Å². The molecule has 2 aliphatic rings. The molecule has 0 aliphatic heterocycles. The van der Waals surface area contributed by atoms with Crippen LogP contribution in [-0.4, -0.2) is 0 Å². The van der Waals surface area contributed by atoms with E-state index < -0.39 is 0 Å². The normalized spacial score (nSPS) is 29.3. The monoisotopic (exact) mass is 281 g/mol. The summed E-state index contributed by atoms with van der Waals surface area (Å²) in [5, 5.41) is 0. The molecule has 0 aromatic heterocycles. The fraction of sp³-hybridized carbons (Fsp3) is 0.800. The van der Waals surface area contributed by atoms with Gasteiger partial charge in [0.05, 0.1) is 0 Å². The van der Waals surface area contributed by atoms with Gasteiger partial charge in [-0.3, -0.25) is 6.58 Å². The van der Waals surface area contributed by atoms with E-state index in [-0.39, 0.29) is 0 Å². The number of rotatable bonds is 1. The predicted molar refractivity (Wildman–Crippen MR) is 68.0 cm³/mol. The van der Waals surface area contributed by atoms with E-state index in [0.717, 1.165) is 17.8 Å². The number of hydrogen-bond donors (Lipinski definition) is 0. The second kappa shape index (κ2) is 11.2. The van der Waals surface area contributed by atoms with Gasteiger partial charge >= 0.3 is 19.5 Å². The molecule has 0 spiro atoms. The van der Waals surface area contributed by atoms with Crippen LogP contribution < -0.4 is 0 Å². The summed E-state index contributed by atoms with van der Waals surface area (Å²) in [6, 6.07) is 0. The van der Waals surface area contributed by atoms with Crippen molar-refractivity contribution in [1.82, 2.24) is 0 Å². The topological polar surface area (TPSA) is 17.1 Å². The van der Waals surface area contributed by atoms with Crippen LogP contribution in [0.5, 0.6) is 0 Å². The number of hydrogen-bond acceptors (Lipinski definition) is 1. The molecule has 2 heteroatoms. The van der Waals surface area contributed by atoms with Crippen LogP contribution in [0.2, 0.25) is 0 Å². The first-order chi connectivity index (χ1) is 8.36. The summed E-state index contributed by atoms with van der Waals surface area (Å²) in [4.78, 5) is 0. The SMILES string of the molecule is CC1CCC(C2CC[CH-]CC2)CC1.[CH-]=C.[O]=[Co]. The average Bonchev–Trinajstić information content (AvgIpc) is 2.45. The van der Waals surface area contributed by atoms with Gasteiger partial charge in [-0.25, -0.2) is 0 Å². The first kappa shape index (κ1) is 17.0. The zero-order valence-electron chi connectivity index (χ0n) is 11.0. The van der Waals surface area contributed by atoms with E-state index >= 15 is 0 Å². The minimum atomic E-state index is 1.02. The molecule has 103 valence electrons. The molecule has 0 heterocycles. The molecule has 0 aromatic carbocycles. The van der Waals surface area contributed by atoms with Crippen LogP contribution in [0.25, 0.3) is 0 Å². The van der Waals surface area contributed by atoms with E-state index in [4.69, 9.17) is 3.87 Å². The van der Waals surface area contributed by atoms with Crippen LogP contribution in [0.3, 0.4) is 0 Å². The molecule has 0 atom stereocenters. The first-order valence-electron chi connectivity index (χ1n) is 6.72. The zero-order chi connectivity index (χ0) is 13.1. The Hall–Kier alpha value is 0.0465. The summed E-state index contributed by atoms with van der Waals surface area (Å²) >= 11 is 2.31. The molecular weight excluding hydrogens is 255 g/mol. The Kier molecular flexibility index (Phi) is 11.2. The van der Waals surface area contributed by atoms with Gasteiger partial charge in [0, 0.05) is 0 Å². The maximum absolute atomic E-state index is 7.94. The molecule has 0 bridgehead atoms. The summed E-state index contributed by atoms with van der Waals surface area (Å²) in [5.74, 6) is 3.22. The van der Waals surface area contributed by atoms with Gasteiger partial charge in [0.25, 0.3) is 0 Å². The molecule has 1 nitrogen and oxygen atoms in total. The Balaban J connectivity index is 0.000000581. The summed E-state index contributed by atoms with van der Waals surface area (Å²) < 4.78 is 7.94. The van der Waals surface area contributed by atoms with Crippen LogP contribution in [0.4, 0.5) is 0 Å². The van der Waals surface area contributed by atoms with Crippen molar-refractivity contribution >= 4 is 0 Å². The second-order valence-electron chi connectivity index (χ2n) is 5.22. The maximum atomic E-state index is 7.94. The molecule has 0 N–H and O–H groups in total. The van der Waals surface area contributed by atoms with Gasteiger partial charge in [0.15, 0.2) is 0 Å². The Morgan fingerprint density at radius 1 is 0.941 bits per heavy atom. The standard InChI is InChI=1S/C13H23.C2H3.Co.O/c1-11-7-9-13(10-8-11)12-5-3-2-4-6-12;1-2;;/h2,11-13H,3-10H2,1H3;1H,2H2;;/q2*-1;;. The molecule has 0 unspecified atom stereocenters. The first-order valence-corrected chi connectivity index (χ1v) is 7.15. The van der Waals surface area contributed by atoms with Crippen LogP contribution in [-0.2, 0) is 19.5 Å². The Morgan fingerprint density at radius 2 is 1.35 bits per heavy atom. The van der Waals surface area contributed by atoms with Crippen molar-refractivity contribution in [2.24, 2.45) is 17.8 Å². The minimum absolute atomic E-state index is 1.02. The van der Waals surface area contributed by atoms with E-state index in [1.807, 2.05) is 0 Å². The van der Waals surface area contributed by atoms with Gasteiger partial charge in [-0.05, 0) is 30.6 Å². The molecule has 2 aliphatic carbocycles. The summed E-state index contributed by atoms with van der Waals surface area (Å²) in [6.45, 7) is 9.42. The van der Waals surface area contributed by atoms with Gasteiger partial charge in [0.1, 0.15) is 0 Å². The summed E-state index contributed by atoms with van der Waals surface area (Å²) in [6.07, 6.45) is 14.4. The van der Waals surface area contributed by atoms with Crippen molar-refractivity contribution in [3.05, 3.63) is 19.6 Å². The Bertz CT molecular complexity index is 168. The summed E-state index contributed by atoms with van der Waals surface area (Å²) in [7, 11) is 0. The third kappa shape index (κ3) is 6.51. The van der Waals surface area contributed by atoms with Crippen molar-refractivity contribution in [2.75, 3.05) is 0 Å². The van der Waals surface area contributed by atoms with Crippen molar-refractivity contribution in [3.8, 4) is 0 Å². The third-order valence-electron chi connectivity index (χ3n) is 4.21.